The highest BCUT2D eigenvalue weighted by Gasteiger charge is 2.12. The van der Waals surface area contributed by atoms with Gasteiger partial charge in [-0.3, -0.25) is 4.79 Å². The maximum Gasteiger partial charge on any atom is 0.335 e. The molecule has 0 saturated heterocycles. The van der Waals surface area contributed by atoms with Gasteiger partial charge in [0, 0.05) is 5.39 Å². The van der Waals surface area contributed by atoms with Crippen LogP contribution in [-0.4, -0.2) is 23.2 Å². The molecule has 166 valence electrons. The van der Waals surface area contributed by atoms with Crippen molar-refractivity contribution < 1.29 is 23.8 Å². The summed E-state index contributed by atoms with van der Waals surface area (Å²) in [4.78, 5) is 23.2. The largest absolute Gasteiger partial charge is 0.487 e. The molecule has 0 bridgehead atoms. The number of benzene rings is 3. The number of para-hydroxylation sites is 1. The molecular formula is C24H16BrIN2O5. The molecule has 33 heavy (non-hydrogen) atoms. The maximum absolute atomic E-state index is 12.3. The molecule has 0 unspecified atom stereocenters. The van der Waals surface area contributed by atoms with Gasteiger partial charge in [-0.05, 0) is 86.0 Å². The second kappa shape index (κ2) is 10.2. The molecule has 4 aromatic rings. The monoisotopic (exact) mass is 618 g/mol. The Balaban J connectivity index is 1.39. The SMILES string of the molecule is O=C(O)c1ccc(COc2c(Br)cc(/C=N/NC(=O)c3cc4ccccc4o3)cc2I)cc1. The van der Waals surface area contributed by atoms with Crippen LogP contribution >= 0.6 is 38.5 Å². The summed E-state index contributed by atoms with van der Waals surface area (Å²) in [6, 6.07) is 19.3. The van der Waals surface area contributed by atoms with E-state index in [0.717, 1.165) is 24.6 Å². The standard InChI is InChI=1S/C24H16BrIN2O5/c25-18-9-15(12-27-28-23(29)21-11-17-3-1-2-4-20(17)33-21)10-19(26)22(18)32-13-14-5-7-16(8-6-14)24(30)31/h1-12H,13H2,(H,28,29)(H,30,31)/b27-12+. The summed E-state index contributed by atoms with van der Waals surface area (Å²) in [7, 11) is 0. The van der Waals surface area contributed by atoms with Crippen LogP contribution in [0.25, 0.3) is 11.0 Å². The first-order valence-electron chi connectivity index (χ1n) is 9.67. The third-order valence-electron chi connectivity index (χ3n) is 4.63. The summed E-state index contributed by atoms with van der Waals surface area (Å²) in [5.74, 6) is -0.568. The van der Waals surface area contributed by atoms with Gasteiger partial charge in [-0.15, -0.1) is 0 Å². The number of rotatable bonds is 7. The lowest BCUT2D eigenvalue weighted by Gasteiger charge is -2.11. The van der Waals surface area contributed by atoms with Crippen LogP contribution in [0.3, 0.4) is 0 Å². The van der Waals surface area contributed by atoms with E-state index >= 15 is 0 Å². The number of hydrazone groups is 1. The molecule has 0 aliphatic carbocycles. The number of nitrogens with one attached hydrogen (secondary N) is 1. The number of carbonyl (C=O) groups is 2. The van der Waals surface area contributed by atoms with Crippen molar-refractivity contribution in [2.24, 2.45) is 5.10 Å². The van der Waals surface area contributed by atoms with E-state index < -0.39 is 11.9 Å². The zero-order valence-electron chi connectivity index (χ0n) is 16.9. The zero-order valence-corrected chi connectivity index (χ0v) is 20.7. The van der Waals surface area contributed by atoms with E-state index in [1.165, 1.54) is 6.21 Å². The summed E-state index contributed by atoms with van der Waals surface area (Å²) >= 11 is 5.66. The third-order valence-corrected chi connectivity index (χ3v) is 6.02. The Morgan fingerprint density at radius 2 is 1.88 bits per heavy atom. The summed E-state index contributed by atoms with van der Waals surface area (Å²) in [5, 5.41) is 13.8. The topological polar surface area (TPSA) is 101 Å². The fraction of sp³-hybridized carbons (Fsp3) is 0.0417. The van der Waals surface area contributed by atoms with E-state index in [0.29, 0.717) is 11.3 Å². The Labute approximate surface area is 210 Å². The summed E-state index contributed by atoms with van der Waals surface area (Å²) < 4.78 is 13.0. The maximum atomic E-state index is 12.3. The molecular weight excluding hydrogens is 603 g/mol. The first-order valence-corrected chi connectivity index (χ1v) is 11.5. The van der Waals surface area contributed by atoms with Gasteiger partial charge >= 0.3 is 11.9 Å². The van der Waals surface area contributed by atoms with Gasteiger partial charge in [0.05, 0.1) is 19.8 Å². The van der Waals surface area contributed by atoms with Crippen molar-refractivity contribution in [3.8, 4) is 5.75 Å². The van der Waals surface area contributed by atoms with Crippen LogP contribution in [0.5, 0.6) is 5.75 Å². The minimum atomic E-state index is -0.967. The lowest BCUT2D eigenvalue weighted by atomic mass is 10.1. The van der Waals surface area contributed by atoms with E-state index in [1.54, 1.807) is 36.4 Å². The molecule has 0 spiro atoms. The number of halogens is 2. The fourth-order valence-corrected chi connectivity index (χ4v) is 4.77. The van der Waals surface area contributed by atoms with Crippen LogP contribution < -0.4 is 10.2 Å². The number of carboxylic acids is 1. The smallest absolute Gasteiger partial charge is 0.335 e. The first-order chi connectivity index (χ1) is 15.9. The van der Waals surface area contributed by atoms with Gasteiger partial charge in [-0.1, -0.05) is 30.3 Å². The normalized spacial score (nSPS) is 11.1. The van der Waals surface area contributed by atoms with Gasteiger partial charge in [-0.2, -0.15) is 5.10 Å². The second-order valence-corrected chi connectivity index (χ2v) is 8.97. The van der Waals surface area contributed by atoms with Crippen LogP contribution in [-0.2, 0) is 6.61 Å². The molecule has 0 atom stereocenters. The van der Waals surface area contributed by atoms with Crippen molar-refractivity contribution in [1.82, 2.24) is 5.43 Å². The fourth-order valence-electron chi connectivity index (χ4n) is 3.01. The Morgan fingerprint density at radius 1 is 1.12 bits per heavy atom. The number of carbonyl (C=O) groups excluding carboxylic acids is 1. The van der Waals surface area contributed by atoms with Crippen molar-refractivity contribution in [2.75, 3.05) is 0 Å². The van der Waals surface area contributed by atoms with Gasteiger partial charge in [0.1, 0.15) is 17.9 Å². The van der Waals surface area contributed by atoms with Gasteiger partial charge in [-0.25, -0.2) is 10.2 Å². The Kier molecular flexibility index (Phi) is 7.09. The summed E-state index contributed by atoms with van der Waals surface area (Å²) in [5.41, 5.74) is 4.94. The Hall–Kier alpha value is -3.18. The number of carboxylic acid groups (broad SMARTS) is 1. The minimum absolute atomic E-state index is 0.184. The van der Waals surface area contributed by atoms with E-state index in [2.05, 4.69) is 49.0 Å². The van der Waals surface area contributed by atoms with Crippen LogP contribution in [0.4, 0.5) is 0 Å². The lowest BCUT2D eigenvalue weighted by molar-refractivity contribution is 0.0696. The number of hydrogen-bond acceptors (Lipinski definition) is 5. The highest BCUT2D eigenvalue weighted by molar-refractivity contribution is 14.1. The van der Waals surface area contributed by atoms with Crippen LogP contribution in [0.1, 0.15) is 32.0 Å². The van der Waals surface area contributed by atoms with Crippen molar-refractivity contribution in [1.29, 1.82) is 0 Å². The third kappa shape index (κ3) is 5.60. The molecule has 0 fully saturated rings. The predicted octanol–water partition coefficient (Wildman–Crippen LogP) is 5.84. The van der Waals surface area contributed by atoms with Crippen molar-refractivity contribution >= 4 is 67.6 Å². The van der Waals surface area contributed by atoms with Crippen LogP contribution in [0.2, 0.25) is 0 Å². The van der Waals surface area contributed by atoms with Crippen LogP contribution in [0.15, 0.2) is 80.7 Å². The average Bonchev–Trinajstić information content (AvgIpc) is 3.23. The quantitative estimate of drug-likeness (QED) is 0.154. The molecule has 1 aromatic heterocycles. The van der Waals surface area contributed by atoms with E-state index in [9.17, 15) is 9.59 Å². The summed E-state index contributed by atoms with van der Waals surface area (Å²) in [6.45, 7) is 0.287. The molecule has 9 heteroatoms. The highest BCUT2D eigenvalue weighted by atomic mass is 127. The second-order valence-electron chi connectivity index (χ2n) is 6.95. The number of fused-ring (bicyclic) bond motifs is 1. The zero-order chi connectivity index (χ0) is 23.4. The minimum Gasteiger partial charge on any atom is -0.487 e. The van der Waals surface area contributed by atoms with E-state index in [-0.39, 0.29) is 17.9 Å². The first kappa shape index (κ1) is 23.0. The van der Waals surface area contributed by atoms with Crippen molar-refractivity contribution in [3.05, 3.63) is 97.2 Å². The average molecular weight is 619 g/mol. The number of furan rings is 1. The Bertz CT molecular complexity index is 1310. The Morgan fingerprint density at radius 3 is 2.58 bits per heavy atom. The van der Waals surface area contributed by atoms with Crippen molar-refractivity contribution in [2.45, 2.75) is 6.61 Å². The van der Waals surface area contributed by atoms with Gasteiger partial charge in [0.25, 0.3) is 0 Å². The highest BCUT2D eigenvalue weighted by Crippen LogP contribution is 2.32. The number of amides is 1. The molecule has 0 aliphatic heterocycles. The molecule has 1 amide bonds. The molecule has 4 rings (SSSR count). The van der Waals surface area contributed by atoms with Crippen LogP contribution in [0, 0.1) is 3.57 Å². The molecule has 1 heterocycles. The number of aromatic carboxylic acids is 1. The van der Waals surface area contributed by atoms with Gasteiger partial charge in [0.2, 0.25) is 0 Å². The number of nitrogens with zero attached hydrogens (tertiary/aromatic N) is 1. The van der Waals surface area contributed by atoms with Gasteiger partial charge < -0.3 is 14.3 Å². The van der Waals surface area contributed by atoms with Gasteiger partial charge in [0.15, 0.2) is 5.76 Å². The molecule has 7 nitrogen and oxygen atoms in total. The van der Waals surface area contributed by atoms with E-state index in [4.69, 9.17) is 14.3 Å². The summed E-state index contributed by atoms with van der Waals surface area (Å²) in [6.07, 6.45) is 1.53. The number of hydrogen-bond donors (Lipinski definition) is 2. The predicted molar refractivity (Wildman–Crippen MR) is 136 cm³/mol. The molecule has 0 aliphatic rings. The molecule has 3 aromatic carbocycles. The molecule has 2 N–H and O–H groups in total. The number of ether oxygens (including phenoxy) is 1. The van der Waals surface area contributed by atoms with Crippen molar-refractivity contribution in [3.63, 3.8) is 0 Å². The van der Waals surface area contributed by atoms with E-state index in [1.807, 2.05) is 30.3 Å². The lowest BCUT2D eigenvalue weighted by Crippen LogP contribution is -2.16. The molecule has 0 radical (unpaired) electrons. The molecule has 0 saturated carbocycles.